The van der Waals surface area contributed by atoms with Crippen molar-refractivity contribution in [1.82, 2.24) is 0 Å². The summed E-state index contributed by atoms with van der Waals surface area (Å²) in [4.78, 5) is 11.5. The Kier molecular flexibility index (Phi) is 3.47. The van der Waals surface area contributed by atoms with Gasteiger partial charge in [0.25, 0.3) is 0 Å². The molecule has 2 unspecified atom stereocenters. The Bertz CT molecular complexity index is 686. The van der Waals surface area contributed by atoms with Crippen molar-refractivity contribution >= 4 is 0 Å². The van der Waals surface area contributed by atoms with E-state index in [1.165, 1.54) is 0 Å². The molecule has 0 bridgehead atoms. The van der Waals surface area contributed by atoms with E-state index in [1.807, 2.05) is 48.5 Å². The molecule has 22 heavy (non-hydrogen) atoms. The zero-order valence-corrected chi connectivity index (χ0v) is 12.1. The highest BCUT2D eigenvalue weighted by Gasteiger charge is 2.31. The SMILES string of the molecule is c1ccc(C2OOC(c3ccccc3)c3ccccc32)cc1. The summed E-state index contributed by atoms with van der Waals surface area (Å²) in [5, 5.41) is 0. The zero-order valence-electron chi connectivity index (χ0n) is 12.1. The van der Waals surface area contributed by atoms with Crippen molar-refractivity contribution in [2.24, 2.45) is 0 Å². The summed E-state index contributed by atoms with van der Waals surface area (Å²) >= 11 is 0. The highest BCUT2D eigenvalue weighted by Crippen LogP contribution is 2.41. The first-order chi connectivity index (χ1) is 10.9. The quantitative estimate of drug-likeness (QED) is 0.629. The van der Waals surface area contributed by atoms with Gasteiger partial charge < -0.3 is 0 Å². The molecule has 0 saturated heterocycles. The number of benzene rings is 3. The molecule has 0 spiro atoms. The number of hydrogen-bond donors (Lipinski definition) is 0. The number of rotatable bonds is 2. The van der Waals surface area contributed by atoms with Crippen molar-refractivity contribution in [1.29, 1.82) is 0 Å². The molecule has 0 radical (unpaired) electrons. The average Bonchev–Trinajstić information content (AvgIpc) is 2.62. The third kappa shape index (κ3) is 2.33. The summed E-state index contributed by atoms with van der Waals surface area (Å²) in [5.74, 6) is 0. The van der Waals surface area contributed by atoms with E-state index in [2.05, 4.69) is 36.4 Å². The molecule has 4 rings (SSSR count). The van der Waals surface area contributed by atoms with Crippen LogP contribution in [0, 0.1) is 0 Å². The Morgan fingerprint density at radius 3 is 1.23 bits per heavy atom. The molecule has 0 N–H and O–H groups in total. The van der Waals surface area contributed by atoms with Crippen molar-refractivity contribution < 1.29 is 9.78 Å². The van der Waals surface area contributed by atoms with Crippen LogP contribution in [0.25, 0.3) is 0 Å². The molecular formula is C20H16O2. The van der Waals surface area contributed by atoms with E-state index in [0.717, 1.165) is 22.3 Å². The van der Waals surface area contributed by atoms with Crippen LogP contribution in [-0.4, -0.2) is 0 Å². The summed E-state index contributed by atoms with van der Waals surface area (Å²) in [6.45, 7) is 0. The molecule has 108 valence electrons. The van der Waals surface area contributed by atoms with Gasteiger partial charge >= 0.3 is 0 Å². The highest BCUT2D eigenvalue weighted by molar-refractivity contribution is 5.42. The van der Waals surface area contributed by atoms with Crippen molar-refractivity contribution in [2.45, 2.75) is 12.2 Å². The van der Waals surface area contributed by atoms with Gasteiger partial charge in [-0.25, -0.2) is 9.78 Å². The van der Waals surface area contributed by atoms with Gasteiger partial charge in [0.1, 0.15) is 12.2 Å². The second-order valence-electron chi connectivity index (χ2n) is 5.40. The van der Waals surface area contributed by atoms with Crippen molar-refractivity contribution in [3.05, 3.63) is 107 Å². The minimum atomic E-state index is -0.183. The Morgan fingerprint density at radius 2 is 0.818 bits per heavy atom. The van der Waals surface area contributed by atoms with Gasteiger partial charge in [0, 0.05) is 0 Å². The van der Waals surface area contributed by atoms with Gasteiger partial charge in [-0.3, -0.25) is 0 Å². The van der Waals surface area contributed by atoms with E-state index >= 15 is 0 Å². The van der Waals surface area contributed by atoms with Crippen LogP contribution in [0.2, 0.25) is 0 Å². The summed E-state index contributed by atoms with van der Waals surface area (Å²) in [5.41, 5.74) is 4.52. The van der Waals surface area contributed by atoms with Crippen LogP contribution in [0.3, 0.4) is 0 Å². The largest absolute Gasteiger partial charge is 0.223 e. The summed E-state index contributed by atoms with van der Waals surface area (Å²) in [6.07, 6.45) is -0.366. The molecule has 1 aliphatic heterocycles. The molecule has 2 atom stereocenters. The lowest BCUT2D eigenvalue weighted by Crippen LogP contribution is -2.20. The van der Waals surface area contributed by atoms with Crippen LogP contribution in [0.15, 0.2) is 84.9 Å². The van der Waals surface area contributed by atoms with Gasteiger partial charge in [-0.15, -0.1) is 0 Å². The van der Waals surface area contributed by atoms with Crippen molar-refractivity contribution in [3.8, 4) is 0 Å². The molecule has 0 fully saturated rings. The molecule has 3 aromatic carbocycles. The Morgan fingerprint density at radius 1 is 0.455 bits per heavy atom. The van der Waals surface area contributed by atoms with Gasteiger partial charge in [-0.2, -0.15) is 0 Å². The Balaban J connectivity index is 1.79. The molecule has 3 aromatic rings. The first kappa shape index (κ1) is 13.3. The second-order valence-corrected chi connectivity index (χ2v) is 5.40. The number of hydrogen-bond acceptors (Lipinski definition) is 2. The fraction of sp³-hybridized carbons (Fsp3) is 0.100. The third-order valence-electron chi connectivity index (χ3n) is 4.01. The molecule has 0 amide bonds. The first-order valence-electron chi connectivity index (χ1n) is 7.44. The van der Waals surface area contributed by atoms with Gasteiger partial charge in [0.05, 0.1) is 0 Å². The van der Waals surface area contributed by atoms with Gasteiger partial charge in [0.15, 0.2) is 0 Å². The van der Waals surface area contributed by atoms with Crippen LogP contribution in [0.1, 0.15) is 34.5 Å². The zero-order chi connectivity index (χ0) is 14.8. The average molecular weight is 288 g/mol. The fourth-order valence-electron chi connectivity index (χ4n) is 2.93. The van der Waals surface area contributed by atoms with Gasteiger partial charge in [-0.05, 0) is 22.3 Å². The molecule has 0 aromatic heterocycles. The minimum absolute atomic E-state index is 0.183. The van der Waals surface area contributed by atoms with Crippen molar-refractivity contribution in [3.63, 3.8) is 0 Å². The molecule has 2 nitrogen and oxygen atoms in total. The maximum absolute atomic E-state index is 5.76. The van der Waals surface area contributed by atoms with E-state index in [9.17, 15) is 0 Å². The van der Waals surface area contributed by atoms with Crippen LogP contribution < -0.4 is 0 Å². The van der Waals surface area contributed by atoms with E-state index in [1.54, 1.807) is 0 Å². The van der Waals surface area contributed by atoms with E-state index in [4.69, 9.17) is 9.78 Å². The summed E-state index contributed by atoms with van der Waals surface area (Å²) in [6, 6.07) is 28.7. The smallest absolute Gasteiger partial charge is 0.143 e. The highest BCUT2D eigenvalue weighted by atomic mass is 17.2. The van der Waals surface area contributed by atoms with E-state index < -0.39 is 0 Å². The normalized spacial score (nSPS) is 20.4. The van der Waals surface area contributed by atoms with Gasteiger partial charge in [0.2, 0.25) is 0 Å². The topological polar surface area (TPSA) is 18.5 Å². The van der Waals surface area contributed by atoms with Crippen LogP contribution in [0.5, 0.6) is 0 Å². The maximum atomic E-state index is 5.76. The fourth-order valence-corrected chi connectivity index (χ4v) is 2.93. The molecular weight excluding hydrogens is 272 g/mol. The Hall–Kier alpha value is -2.42. The third-order valence-corrected chi connectivity index (χ3v) is 4.01. The van der Waals surface area contributed by atoms with Crippen LogP contribution in [-0.2, 0) is 9.78 Å². The molecule has 1 heterocycles. The van der Waals surface area contributed by atoms with E-state index in [0.29, 0.717) is 0 Å². The summed E-state index contributed by atoms with van der Waals surface area (Å²) in [7, 11) is 0. The van der Waals surface area contributed by atoms with Gasteiger partial charge in [-0.1, -0.05) is 84.9 Å². The minimum Gasteiger partial charge on any atom is -0.223 e. The number of fused-ring (bicyclic) bond motifs is 1. The van der Waals surface area contributed by atoms with Crippen LogP contribution >= 0.6 is 0 Å². The standard InChI is InChI=1S/C20H16O2/c1-3-9-15(10-4-1)19-17-13-7-8-14-18(17)20(22-21-19)16-11-5-2-6-12-16/h1-14,19-20H. The lowest BCUT2D eigenvalue weighted by atomic mass is 9.90. The first-order valence-corrected chi connectivity index (χ1v) is 7.44. The predicted octanol–water partition coefficient (Wildman–Crippen LogP) is 4.83. The lowest BCUT2D eigenvalue weighted by molar-refractivity contribution is -0.350. The van der Waals surface area contributed by atoms with Crippen LogP contribution in [0.4, 0.5) is 0 Å². The molecule has 0 saturated carbocycles. The molecule has 2 heteroatoms. The molecule has 1 aliphatic rings. The maximum Gasteiger partial charge on any atom is 0.143 e. The monoisotopic (exact) mass is 288 g/mol. The molecule has 0 aliphatic carbocycles. The predicted molar refractivity (Wildman–Crippen MR) is 85.2 cm³/mol. The second kappa shape index (κ2) is 5.76. The van der Waals surface area contributed by atoms with E-state index in [-0.39, 0.29) is 12.2 Å². The summed E-state index contributed by atoms with van der Waals surface area (Å²) < 4.78 is 0. The Labute approximate surface area is 129 Å². The van der Waals surface area contributed by atoms with Crippen molar-refractivity contribution in [2.75, 3.05) is 0 Å². The lowest BCUT2D eigenvalue weighted by Gasteiger charge is -2.31.